The van der Waals surface area contributed by atoms with Crippen LogP contribution in [0.15, 0.2) is 0 Å². The van der Waals surface area contributed by atoms with Gasteiger partial charge in [-0.05, 0) is 0 Å². The first kappa shape index (κ1) is 10.1. The van der Waals surface area contributed by atoms with Crippen LogP contribution in [0.25, 0.3) is 0 Å². The molecule has 0 spiro atoms. The largest absolute Gasteiger partial charge is 0.305 e. The van der Waals surface area contributed by atoms with Gasteiger partial charge in [-0.15, -0.1) is 0 Å². The molecule has 1 aliphatic heterocycles. The topological polar surface area (TPSA) is 78.9 Å². The van der Waals surface area contributed by atoms with Gasteiger partial charge in [-0.3, -0.25) is 12.5 Å². The standard InChI is InChI=1S/C4H8O6S2/c1-12(6,7)9-3-4-2-8-11(5)10-4/h4H,2-3H2,1H3. The quantitative estimate of drug-likeness (QED) is 0.560. The zero-order valence-corrected chi connectivity index (χ0v) is 7.89. The minimum absolute atomic E-state index is 0.0854. The second-order valence-electron chi connectivity index (χ2n) is 2.20. The molecule has 8 heteroatoms. The second kappa shape index (κ2) is 3.79. The summed E-state index contributed by atoms with van der Waals surface area (Å²) in [6.07, 6.45) is 0.361. The van der Waals surface area contributed by atoms with Crippen molar-refractivity contribution in [1.82, 2.24) is 0 Å². The van der Waals surface area contributed by atoms with Gasteiger partial charge in [0.05, 0.1) is 19.5 Å². The highest BCUT2D eigenvalue weighted by Crippen LogP contribution is 2.09. The zero-order chi connectivity index (χ0) is 9.19. The van der Waals surface area contributed by atoms with Crippen LogP contribution < -0.4 is 0 Å². The van der Waals surface area contributed by atoms with Crippen LogP contribution in [-0.2, 0) is 34.0 Å². The highest BCUT2D eigenvalue weighted by Gasteiger charge is 2.24. The minimum atomic E-state index is -3.46. The Hall–Kier alpha value is -0.0200. The van der Waals surface area contributed by atoms with E-state index in [0.29, 0.717) is 0 Å². The highest BCUT2D eigenvalue weighted by molar-refractivity contribution is 7.86. The van der Waals surface area contributed by atoms with Crippen molar-refractivity contribution in [2.75, 3.05) is 19.5 Å². The molecule has 0 radical (unpaired) electrons. The summed E-state index contributed by atoms with van der Waals surface area (Å²) in [5.41, 5.74) is 0. The molecule has 72 valence electrons. The molecule has 0 aromatic rings. The van der Waals surface area contributed by atoms with Gasteiger partial charge in [-0.25, -0.2) is 0 Å². The Labute approximate surface area is 72.8 Å². The summed E-state index contributed by atoms with van der Waals surface area (Å²) in [6, 6.07) is 0. The molecule has 0 aromatic carbocycles. The van der Waals surface area contributed by atoms with Crippen molar-refractivity contribution in [2.45, 2.75) is 6.10 Å². The van der Waals surface area contributed by atoms with Gasteiger partial charge < -0.3 is 0 Å². The molecule has 0 N–H and O–H groups in total. The fraction of sp³-hybridized carbons (Fsp3) is 1.00. The van der Waals surface area contributed by atoms with E-state index in [1.807, 2.05) is 0 Å². The summed E-state index contributed by atoms with van der Waals surface area (Å²) in [7, 11) is -3.46. The Morgan fingerprint density at radius 3 is 2.75 bits per heavy atom. The van der Waals surface area contributed by atoms with Crippen molar-refractivity contribution in [2.24, 2.45) is 0 Å². The normalized spacial score (nSPS) is 30.8. The first-order chi connectivity index (χ1) is 5.47. The van der Waals surface area contributed by atoms with Gasteiger partial charge in [0.2, 0.25) is 0 Å². The molecule has 1 rings (SSSR count). The first-order valence-electron chi connectivity index (χ1n) is 3.04. The fourth-order valence-corrected chi connectivity index (χ4v) is 1.62. The van der Waals surface area contributed by atoms with Crippen LogP contribution in [0.4, 0.5) is 0 Å². The summed E-state index contributed by atoms with van der Waals surface area (Å²) in [4.78, 5) is 0. The van der Waals surface area contributed by atoms with Gasteiger partial charge in [-0.2, -0.15) is 12.6 Å². The van der Waals surface area contributed by atoms with E-state index in [-0.39, 0.29) is 13.2 Å². The molecular formula is C4H8O6S2. The van der Waals surface area contributed by atoms with Gasteiger partial charge >= 0.3 is 11.4 Å². The van der Waals surface area contributed by atoms with E-state index in [9.17, 15) is 12.6 Å². The average Bonchev–Trinajstić information content (AvgIpc) is 2.30. The molecular weight excluding hydrogens is 208 g/mol. The second-order valence-corrected chi connectivity index (χ2v) is 4.68. The van der Waals surface area contributed by atoms with E-state index in [0.717, 1.165) is 6.26 Å². The predicted molar refractivity (Wildman–Crippen MR) is 39.8 cm³/mol. The van der Waals surface area contributed by atoms with Gasteiger partial charge in [0.25, 0.3) is 10.1 Å². The van der Waals surface area contributed by atoms with Crippen molar-refractivity contribution < 1.29 is 25.2 Å². The monoisotopic (exact) mass is 216 g/mol. The summed E-state index contributed by atoms with van der Waals surface area (Å²) < 4.78 is 44.9. The van der Waals surface area contributed by atoms with Gasteiger partial charge in [0.15, 0.2) is 0 Å². The molecule has 12 heavy (non-hydrogen) atoms. The SMILES string of the molecule is CS(=O)(=O)OCC1COS(=O)O1. The summed E-state index contributed by atoms with van der Waals surface area (Å²) >= 11 is -1.76. The van der Waals surface area contributed by atoms with Crippen LogP contribution in [0.3, 0.4) is 0 Å². The van der Waals surface area contributed by atoms with Gasteiger partial charge in [-0.1, -0.05) is 0 Å². The van der Waals surface area contributed by atoms with Crippen LogP contribution in [0, 0.1) is 0 Å². The molecule has 0 amide bonds. The third kappa shape index (κ3) is 3.59. The van der Waals surface area contributed by atoms with E-state index in [2.05, 4.69) is 12.5 Å². The molecule has 1 fully saturated rings. The lowest BCUT2D eigenvalue weighted by Gasteiger charge is -2.03. The van der Waals surface area contributed by atoms with Gasteiger partial charge in [0.1, 0.15) is 6.10 Å². The Kier molecular flexibility index (Phi) is 3.18. The maximum Gasteiger partial charge on any atom is 0.305 e. The molecule has 0 aliphatic carbocycles. The smallest absolute Gasteiger partial charge is 0.267 e. The van der Waals surface area contributed by atoms with E-state index in [1.54, 1.807) is 0 Å². The Balaban J connectivity index is 2.30. The lowest BCUT2D eigenvalue weighted by atomic mass is 10.4. The third-order valence-electron chi connectivity index (χ3n) is 1.03. The number of hydrogen-bond donors (Lipinski definition) is 0. The Morgan fingerprint density at radius 1 is 1.67 bits per heavy atom. The van der Waals surface area contributed by atoms with Crippen LogP contribution in [0.5, 0.6) is 0 Å². The van der Waals surface area contributed by atoms with Crippen LogP contribution >= 0.6 is 0 Å². The lowest BCUT2D eigenvalue weighted by Crippen LogP contribution is -2.20. The van der Waals surface area contributed by atoms with Crippen molar-refractivity contribution in [3.63, 3.8) is 0 Å². The Bertz CT molecular complexity index is 269. The van der Waals surface area contributed by atoms with Crippen LogP contribution in [0.1, 0.15) is 0 Å². The molecule has 0 bridgehead atoms. The summed E-state index contributed by atoms with van der Waals surface area (Å²) in [6.45, 7) is -0.0767. The number of hydrogen-bond acceptors (Lipinski definition) is 6. The minimum Gasteiger partial charge on any atom is -0.267 e. The van der Waals surface area contributed by atoms with E-state index in [1.165, 1.54) is 0 Å². The summed E-state index contributed by atoms with van der Waals surface area (Å²) in [5.74, 6) is 0. The van der Waals surface area contributed by atoms with Crippen molar-refractivity contribution >= 4 is 21.5 Å². The van der Waals surface area contributed by atoms with E-state index >= 15 is 0 Å². The van der Waals surface area contributed by atoms with E-state index < -0.39 is 27.6 Å². The maximum atomic E-state index is 10.5. The molecule has 2 atom stereocenters. The van der Waals surface area contributed by atoms with Crippen LogP contribution in [0.2, 0.25) is 0 Å². The molecule has 0 saturated carbocycles. The molecule has 6 nitrogen and oxygen atoms in total. The van der Waals surface area contributed by atoms with Gasteiger partial charge in [0, 0.05) is 0 Å². The molecule has 0 aromatic heterocycles. The van der Waals surface area contributed by atoms with Crippen LogP contribution in [-0.4, -0.2) is 38.2 Å². The molecule has 1 saturated heterocycles. The molecule has 1 heterocycles. The maximum absolute atomic E-state index is 10.5. The molecule has 1 aliphatic rings. The Morgan fingerprint density at radius 2 is 2.33 bits per heavy atom. The zero-order valence-electron chi connectivity index (χ0n) is 6.26. The third-order valence-corrected chi connectivity index (χ3v) is 2.35. The number of rotatable bonds is 3. The fourth-order valence-electron chi connectivity index (χ4n) is 0.573. The first-order valence-corrected chi connectivity index (χ1v) is 5.85. The predicted octanol–water partition coefficient (Wildman–Crippen LogP) is -1.04. The van der Waals surface area contributed by atoms with Crippen molar-refractivity contribution in [1.29, 1.82) is 0 Å². The van der Waals surface area contributed by atoms with Crippen molar-refractivity contribution in [3.05, 3.63) is 0 Å². The average molecular weight is 216 g/mol. The summed E-state index contributed by atoms with van der Waals surface area (Å²) in [5, 5.41) is 0. The van der Waals surface area contributed by atoms with Crippen molar-refractivity contribution in [3.8, 4) is 0 Å². The van der Waals surface area contributed by atoms with E-state index in [4.69, 9.17) is 0 Å². The molecule has 2 unspecified atom stereocenters. The lowest BCUT2D eigenvalue weighted by molar-refractivity contribution is 0.156. The highest BCUT2D eigenvalue weighted by atomic mass is 32.2.